The lowest BCUT2D eigenvalue weighted by Crippen LogP contribution is -2.24. The molecule has 0 aliphatic heterocycles. The van der Waals surface area contributed by atoms with Crippen LogP contribution in [0.1, 0.15) is 80.0 Å². The van der Waals surface area contributed by atoms with Crippen LogP contribution in [-0.4, -0.2) is 14.9 Å². The van der Waals surface area contributed by atoms with Crippen molar-refractivity contribution in [3.63, 3.8) is 0 Å². The van der Waals surface area contributed by atoms with Crippen molar-refractivity contribution in [3.05, 3.63) is 45.7 Å². The highest BCUT2D eigenvalue weighted by molar-refractivity contribution is 7.16. The van der Waals surface area contributed by atoms with Crippen LogP contribution in [0.25, 0.3) is 10.2 Å². The summed E-state index contributed by atoms with van der Waals surface area (Å²) in [6.45, 7) is 13.1. The molecule has 0 aromatic carbocycles. The molecule has 0 saturated heterocycles. The largest absolute Gasteiger partial charge is 0.348 e. The molecular weight excluding hydrogens is 364 g/mol. The van der Waals surface area contributed by atoms with E-state index in [2.05, 4.69) is 61.3 Å². The zero-order valence-corrected chi connectivity index (χ0v) is 18.7. The quantitative estimate of drug-likeness (QED) is 0.444. The minimum absolute atomic E-state index is 0.221. The van der Waals surface area contributed by atoms with E-state index in [-0.39, 0.29) is 11.2 Å². The van der Waals surface area contributed by atoms with Crippen molar-refractivity contribution in [1.29, 1.82) is 0 Å². The van der Waals surface area contributed by atoms with Crippen LogP contribution in [0, 0.1) is 12.3 Å². The van der Waals surface area contributed by atoms with Crippen molar-refractivity contribution in [2.75, 3.05) is 0 Å². The van der Waals surface area contributed by atoms with Gasteiger partial charge in [-0.3, -0.25) is 4.79 Å². The summed E-state index contributed by atoms with van der Waals surface area (Å²) < 4.78 is 4.69. The van der Waals surface area contributed by atoms with Crippen LogP contribution in [0.3, 0.4) is 0 Å². The summed E-state index contributed by atoms with van der Waals surface area (Å²) in [5, 5.41) is 3.32. The predicted molar refractivity (Wildman–Crippen MR) is 119 cm³/mol. The summed E-state index contributed by atoms with van der Waals surface area (Å²) in [6.07, 6.45) is 5.41. The highest BCUT2D eigenvalue weighted by Gasteiger charge is 2.34. The fourth-order valence-corrected chi connectivity index (χ4v) is 5.85. The van der Waals surface area contributed by atoms with Gasteiger partial charge in [0, 0.05) is 35.4 Å². The van der Waals surface area contributed by atoms with Crippen LogP contribution in [0.5, 0.6) is 0 Å². The van der Waals surface area contributed by atoms with Gasteiger partial charge >= 0.3 is 0 Å². The van der Waals surface area contributed by atoms with Crippen molar-refractivity contribution in [1.82, 2.24) is 9.13 Å². The molecule has 0 bridgehead atoms. The molecule has 3 nitrogen and oxygen atoms in total. The first-order valence-corrected chi connectivity index (χ1v) is 11.6. The Hall–Kier alpha value is -1.81. The second kappa shape index (κ2) is 7.22. The molecule has 0 radical (unpaired) electrons. The molecule has 28 heavy (non-hydrogen) atoms. The Morgan fingerprint density at radius 2 is 1.89 bits per heavy atom. The predicted octanol–water partition coefficient (Wildman–Crippen LogP) is 6.38. The summed E-state index contributed by atoms with van der Waals surface area (Å²) in [6, 6.07) is 4.25. The van der Waals surface area contributed by atoms with Gasteiger partial charge in [0.15, 0.2) is 0 Å². The molecule has 1 aliphatic rings. The van der Waals surface area contributed by atoms with Gasteiger partial charge in [0.1, 0.15) is 4.83 Å². The van der Waals surface area contributed by atoms with Crippen molar-refractivity contribution in [2.45, 2.75) is 79.8 Å². The van der Waals surface area contributed by atoms with E-state index in [9.17, 15) is 4.79 Å². The molecule has 0 spiro atoms. The Labute approximate surface area is 172 Å². The third-order valence-electron chi connectivity index (χ3n) is 6.29. The van der Waals surface area contributed by atoms with Gasteiger partial charge < -0.3 is 9.13 Å². The summed E-state index contributed by atoms with van der Waals surface area (Å²) in [5.74, 6) is 0.221. The van der Waals surface area contributed by atoms with E-state index < -0.39 is 0 Å². The molecule has 3 aromatic rings. The maximum Gasteiger partial charge on any atom is 0.211 e. The van der Waals surface area contributed by atoms with Crippen LogP contribution in [0.15, 0.2) is 17.5 Å². The molecule has 0 unspecified atom stereocenters. The topological polar surface area (TPSA) is 26.9 Å². The molecule has 1 aliphatic carbocycles. The number of nitrogens with zero attached hydrogens (tertiary/aromatic N) is 2. The van der Waals surface area contributed by atoms with Crippen LogP contribution in [0.4, 0.5) is 0 Å². The average molecular weight is 397 g/mol. The number of aromatic nitrogens is 2. The zero-order valence-electron chi connectivity index (χ0n) is 17.9. The van der Waals surface area contributed by atoms with Crippen molar-refractivity contribution in [3.8, 4) is 0 Å². The lowest BCUT2D eigenvalue weighted by molar-refractivity contribution is 0.102. The monoisotopic (exact) mass is 396 g/mol. The van der Waals surface area contributed by atoms with Gasteiger partial charge in [0.05, 0.1) is 5.69 Å². The third kappa shape index (κ3) is 3.06. The van der Waals surface area contributed by atoms with E-state index in [1.54, 1.807) is 11.3 Å². The number of rotatable bonds is 6. The molecule has 3 aromatic heterocycles. The zero-order chi connectivity index (χ0) is 20.1. The molecule has 3 heterocycles. The highest BCUT2D eigenvalue weighted by atomic mass is 32.1. The van der Waals surface area contributed by atoms with E-state index in [4.69, 9.17) is 0 Å². The van der Waals surface area contributed by atoms with E-state index >= 15 is 0 Å². The first kappa shape index (κ1) is 19.5. The standard InChI is InChI=1S/C24H32N2OS/c1-6-11-25-16(3)21(18-15-24(4,5)10-8-19(18)25)22(27)20-14-17-9-13-28-23(17)26(20)12-7-2/h9,13-14H,6-8,10-12,15H2,1-5H3. The normalized spacial score (nSPS) is 15.9. The molecule has 4 heteroatoms. The number of ketones is 1. The SMILES string of the molecule is CCCn1c(C)c(C(=O)c2cc3ccsc3n2CCC)c2c1CCC(C)(C)C2. The Balaban J connectivity index is 1.89. The fraction of sp³-hybridized carbons (Fsp3) is 0.542. The van der Waals surface area contributed by atoms with Gasteiger partial charge in [-0.15, -0.1) is 11.3 Å². The van der Waals surface area contributed by atoms with Gasteiger partial charge in [0.2, 0.25) is 5.78 Å². The molecule has 0 N–H and O–H groups in total. The number of carbonyl (C=O) groups excluding carboxylic acids is 1. The van der Waals surface area contributed by atoms with Gasteiger partial charge in [-0.05, 0) is 67.5 Å². The molecule has 0 amide bonds. The Morgan fingerprint density at radius 3 is 2.61 bits per heavy atom. The lowest BCUT2D eigenvalue weighted by Gasteiger charge is -2.31. The smallest absolute Gasteiger partial charge is 0.211 e. The number of fused-ring (bicyclic) bond motifs is 2. The van der Waals surface area contributed by atoms with E-state index in [1.165, 1.54) is 33.6 Å². The Morgan fingerprint density at radius 1 is 1.18 bits per heavy atom. The maximum atomic E-state index is 13.9. The number of aryl methyl sites for hydroxylation is 1. The molecule has 4 rings (SSSR count). The average Bonchev–Trinajstić information content (AvgIpc) is 3.29. The summed E-state index contributed by atoms with van der Waals surface area (Å²) in [4.78, 5) is 15.1. The molecule has 0 fully saturated rings. The van der Waals surface area contributed by atoms with E-state index in [0.29, 0.717) is 0 Å². The van der Waals surface area contributed by atoms with Crippen LogP contribution >= 0.6 is 11.3 Å². The highest BCUT2D eigenvalue weighted by Crippen LogP contribution is 2.40. The van der Waals surface area contributed by atoms with Crippen LogP contribution in [-0.2, 0) is 25.9 Å². The minimum Gasteiger partial charge on any atom is -0.348 e. The fourth-order valence-electron chi connectivity index (χ4n) is 4.93. The maximum absolute atomic E-state index is 13.9. The van der Waals surface area contributed by atoms with E-state index in [1.807, 2.05) is 0 Å². The third-order valence-corrected chi connectivity index (χ3v) is 7.24. The lowest BCUT2D eigenvalue weighted by atomic mass is 9.75. The molecule has 0 saturated carbocycles. The summed E-state index contributed by atoms with van der Waals surface area (Å²) in [7, 11) is 0. The van der Waals surface area contributed by atoms with Crippen molar-refractivity contribution >= 4 is 27.3 Å². The summed E-state index contributed by atoms with van der Waals surface area (Å²) >= 11 is 1.74. The minimum atomic E-state index is 0.221. The number of thiophene rings is 1. The number of hydrogen-bond donors (Lipinski definition) is 0. The second-order valence-electron chi connectivity index (χ2n) is 9.07. The Kier molecular flexibility index (Phi) is 5.03. The summed E-state index contributed by atoms with van der Waals surface area (Å²) in [5.41, 5.74) is 6.02. The second-order valence-corrected chi connectivity index (χ2v) is 9.96. The molecule has 0 atom stereocenters. The first-order chi connectivity index (χ1) is 13.4. The van der Waals surface area contributed by atoms with Crippen molar-refractivity contribution < 1.29 is 4.79 Å². The van der Waals surface area contributed by atoms with Gasteiger partial charge in [-0.2, -0.15) is 0 Å². The van der Waals surface area contributed by atoms with E-state index in [0.717, 1.165) is 50.0 Å². The number of carbonyl (C=O) groups is 1. The van der Waals surface area contributed by atoms with Gasteiger partial charge in [-0.25, -0.2) is 0 Å². The number of hydrogen-bond acceptors (Lipinski definition) is 2. The van der Waals surface area contributed by atoms with Crippen LogP contribution in [0.2, 0.25) is 0 Å². The Bertz CT molecular complexity index is 1030. The van der Waals surface area contributed by atoms with Gasteiger partial charge in [-0.1, -0.05) is 27.7 Å². The molecular formula is C24H32N2OS. The van der Waals surface area contributed by atoms with Gasteiger partial charge in [0.25, 0.3) is 0 Å². The van der Waals surface area contributed by atoms with Crippen molar-refractivity contribution in [2.24, 2.45) is 5.41 Å². The first-order valence-electron chi connectivity index (χ1n) is 10.7. The van der Waals surface area contributed by atoms with Crippen LogP contribution < -0.4 is 0 Å². The molecule has 150 valence electrons.